The third kappa shape index (κ3) is 4.06. The Morgan fingerprint density at radius 3 is 1.50 bits per heavy atom. The molecular weight excluding hydrogens is 480 g/mol. The van der Waals surface area contributed by atoms with Gasteiger partial charge in [-0.2, -0.15) is 0 Å². The molecule has 0 fully saturated rings. The molecule has 0 aliphatic heterocycles. The largest absolute Gasteiger partial charge is 0.0579 e. The van der Waals surface area contributed by atoms with Gasteiger partial charge in [-0.1, -0.05) is 139 Å². The molecule has 0 atom stereocenters. The van der Waals surface area contributed by atoms with Crippen molar-refractivity contribution in [3.05, 3.63) is 120 Å². The summed E-state index contributed by atoms with van der Waals surface area (Å²) < 4.78 is 0. The Morgan fingerprint density at radius 1 is 0.350 bits per heavy atom. The summed E-state index contributed by atoms with van der Waals surface area (Å²) in [6, 6.07) is 41.4. The molecule has 0 saturated heterocycles. The average molecular weight is 517 g/mol. The predicted octanol–water partition coefficient (Wildman–Crippen LogP) is 11.7. The minimum Gasteiger partial charge on any atom is -0.0579 e. The molecule has 7 aromatic carbocycles. The number of hydrogen-bond donors (Lipinski definition) is 0. The molecule has 0 nitrogen and oxygen atoms in total. The van der Waals surface area contributed by atoms with Crippen LogP contribution in [0, 0.1) is 0 Å². The van der Waals surface area contributed by atoms with Crippen molar-refractivity contribution in [2.45, 2.75) is 52.4 Å². The first-order valence-corrected chi connectivity index (χ1v) is 14.4. The van der Waals surface area contributed by atoms with Gasteiger partial charge in [0.1, 0.15) is 0 Å². The number of hydrogen-bond acceptors (Lipinski definition) is 0. The normalized spacial score (nSPS) is 12.8. The number of benzene rings is 7. The van der Waals surface area contributed by atoms with Gasteiger partial charge in [-0.15, -0.1) is 0 Å². The first-order valence-electron chi connectivity index (χ1n) is 14.4. The zero-order chi connectivity index (χ0) is 27.8. The molecule has 0 amide bonds. The minimum absolute atomic E-state index is 0.121. The maximum atomic E-state index is 2.39. The maximum absolute atomic E-state index is 2.39. The second kappa shape index (κ2) is 8.67. The summed E-state index contributed by atoms with van der Waals surface area (Å²) in [5.74, 6) is 0. The van der Waals surface area contributed by atoms with Crippen LogP contribution in [0.5, 0.6) is 0 Å². The van der Waals surface area contributed by atoms with Crippen molar-refractivity contribution < 1.29 is 0 Å². The predicted molar refractivity (Wildman–Crippen MR) is 176 cm³/mol. The second-order valence-corrected chi connectivity index (χ2v) is 13.5. The van der Waals surface area contributed by atoms with Gasteiger partial charge in [0.25, 0.3) is 0 Å². The van der Waals surface area contributed by atoms with Crippen molar-refractivity contribution in [2.24, 2.45) is 0 Å². The number of rotatable bonds is 2. The van der Waals surface area contributed by atoms with Crippen molar-refractivity contribution in [3.63, 3.8) is 0 Å². The molecule has 0 radical (unpaired) electrons. The van der Waals surface area contributed by atoms with E-state index in [0.717, 1.165) is 0 Å². The summed E-state index contributed by atoms with van der Waals surface area (Å²) in [5, 5.41) is 10.6. The number of fused-ring (bicyclic) bond motifs is 1. The van der Waals surface area contributed by atoms with E-state index in [1.54, 1.807) is 0 Å². The average Bonchev–Trinajstić information content (AvgIpc) is 2.94. The van der Waals surface area contributed by atoms with E-state index in [0.29, 0.717) is 0 Å². The first kappa shape index (κ1) is 24.9. The van der Waals surface area contributed by atoms with Crippen LogP contribution in [0.3, 0.4) is 0 Å². The lowest BCUT2D eigenvalue weighted by molar-refractivity contribution is 0.590. The zero-order valence-corrected chi connectivity index (χ0v) is 24.4. The molecule has 0 aliphatic carbocycles. The monoisotopic (exact) mass is 516 g/mol. The van der Waals surface area contributed by atoms with Crippen LogP contribution in [0.25, 0.3) is 65.3 Å². The molecule has 0 N–H and O–H groups in total. The Morgan fingerprint density at radius 2 is 0.850 bits per heavy atom. The standard InChI is InChI=1S/C40H36/c1-39(2,3)33-17-13-25(14-18-33)27-8-9-29-22-30(11-10-28(29)21-27)35-19-15-26-7-12-31-23-34(40(4,5)6)24-32-16-20-36(35)38(26)37(31)32/h7-24H,1-6H3. The quantitative estimate of drug-likeness (QED) is 0.200. The summed E-state index contributed by atoms with van der Waals surface area (Å²) in [4.78, 5) is 0. The van der Waals surface area contributed by atoms with Crippen LogP contribution in [0.15, 0.2) is 109 Å². The Balaban J connectivity index is 1.33. The minimum atomic E-state index is 0.121. The molecular formula is C40H36. The van der Waals surface area contributed by atoms with Crippen LogP contribution in [0.1, 0.15) is 52.7 Å². The molecule has 0 heteroatoms. The highest BCUT2D eigenvalue weighted by molar-refractivity contribution is 6.25. The van der Waals surface area contributed by atoms with Crippen molar-refractivity contribution in [1.82, 2.24) is 0 Å². The Labute approximate surface area is 237 Å². The van der Waals surface area contributed by atoms with Crippen LogP contribution in [0.4, 0.5) is 0 Å². The third-order valence-corrected chi connectivity index (χ3v) is 8.70. The van der Waals surface area contributed by atoms with Gasteiger partial charge in [0.05, 0.1) is 0 Å². The SMILES string of the molecule is CC(C)(C)c1ccc(-c2ccc3cc(-c4ccc5ccc6cc(C(C)(C)C)cc7ccc4c5c67)ccc3c2)cc1. The lowest BCUT2D eigenvalue weighted by Crippen LogP contribution is -2.10. The highest BCUT2D eigenvalue weighted by Crippen LogP contribution is 2.41. The van der Waals surface area contributed by atoms with E-state index in [1.807, 2.05) is 0 Å². The van der Waals surface area contributed by atoms with Gasteiger partial charge in [0, 0.05) is 0 Å². The molecule has 0 unspecified atom stereocenters. The Kier molecular flexibility index (Phi) is 5.39. The molecule has 0 aromatic heterocycles. The van der Waals surface area contributed by atoms with E-state index < -0.39 is 0 Å². The van der Waals surface area contributed by atoms with Crippen LogP contribution in [-0.4, -0.2) is 0 Å². The fourth-order valence-corrected chi connectivity index (χ4v) is 6.26. The third-order valence-electron chi connectivity index (χ3n) is 8.70. The first-order chi connectivity index (χ1) is 19.1. The lowest BCUT2D eigenvalue weighted by atomic mass is 9.82. The molecule has 196 valence electrons. The maximum Gasteiger partial charge on any atom is -0.00206 e. The van der Waals surface area contributed by atoms with E-state index in [4.69, 9.17) is 0 Å². The zero-order valence-electron chi connectivity index (χ0n) is 24.4. The fourth-order valence-electron chi connectivity index (χ4n) is 6.26. The molecule has 0 saturated carbocycles. The van der Waals surface area contributed by atoms with E-state index in [-0.39, 0.29) is 10.8 Å². The van der Waals surface area contributed by atoms with Gasteiger partial charge >= 0.3 is 0 Å². The molecule has 0 bridgehead atoms. The van der Waals surface area contributed by atoms with Crippen LogP contribution >= 0.6 is 0 Å². The van der Waals surface area contributed by atoms with Crippen LogP contribution < -0.4 is 0 Å². The molecule has 7 rings (SSSR count). The van der Waals surface area contributed by atoms with Crippen LogP contribution in [0.2, 0.25) is 0 Å². The second-order valence-electron chi connectivity index (χ2n) is 13.5. The smallest absolute Gasteiger partial charge is 0.00206 e. The van der Waals surface area contributed by atoms with Gasteiger partial charge in [-0.05, 0) is 99.4 Å². The van der Waals surface area contributed by atoms with E-state index >= 15 is 0 Å². The van der Waals surface area contributed by atoms with Gasteiger partial charge in [-0.3, -0.25) is 0 Å². The topological polar surface area (TPSA) is 0 Å². The van der Waals surface area contributed by atoms with Gasteiger partial charge in [0.2, 0.25) is 0 Å². The van der Waals surface area contributed by atoms with E-state index in [1.165, 1.54) is 76.5 Å². The van der Waals surface area contributed by atoms with E-state index in [2.05, 4.69) is 151 Å². The lowest BCUT2D eigenvalue weighted by Gasteiger charge is -2.22. The molecule has 40 heavy (non-hydrogen) atoms. The molecule has 0 spiro atoms. The summed E-state index contributed by atoms with van der Waals surface area (Å²) in [6.45, 7) is 13.7. The summed E-state index contributed by atoms with van der Waals surface area (Å²) in [5.41, 5.74) is 8.13. The van der Waals surface area contributed by atoms with Crippen molar-refractivity contribution in [2.75, 3.05) is 0 Å². The van der Waals surface area contributed by atoms with E-state index in [9.17, 15) is 0 Å². The van der Waals surface area contributed by atoms with Crippen LogP contribution in [-0.2, 0) is 10.8 Å². The Hall–Kier alpha value is -4.16. The Bertz CT molecular complexity index is 2020. The van der Waals surface area contributed by atoms with Crippen molar-refractivity contribution >= 4 is 43.1 Å². The van der Waals surface area contributed by atoms with Crippen molar-refractivity contribution in [1.29, 1.82) is 0 Å². The van der Waals surface area contributed by atoms with Crippen molar-refractivity contribution in [3.8, 4) is 22.3 Å². The van der Waals surface area contributed by atoms with Gasteiger partial charge in [0.15, 0.2) is 0 Å². The van der Waals surface area contributed by atoms with Gasteiger partial charge < -0.3 is 0 Å². The molecule has 7 aromatic rings. The van der Waals surface area contributed by atoms with Gasteiger partial charge in [-0.25, -0.2) is 0 Å². The summed E-state index contributed by atoms with van der Waals surface area (Å²) in [7, 11) is 0. The fraction of sp³-hybridized carbons (Fsp3) is 0.200. The highest BCUT2D eigenvalue weighted by Gasteiger charge is 2.18. The molecule has 0 heterocycles. The molecule has 0 aliphatic rings. The highest BCUT2D eigenvalue weighted by atomic mass is 14.2. The summed E-state index contributed by atoms with van der Waals surface area (Å²) in [6.07, 6.45) is 0. The summed E-state index contributed by atoms with van der Waals surface area (Å²) >= 11 is 0.